The van der Waals surface area contributed by atoms with E-state index < -0.39 is 11.4 Å². The number of carboxylic acid groups (broad SMARTS) is 1. The Balaban J connectivity index is 1.37. The van der Waals surface area contributed by atoms with E-state index in [1.54, 1.807) is 23.0 Å². The zero-order valence-electron chi connectivity index (χ0n) is 17.6. The molecule has 1 atom stereocenters. The standard InChI is InChI=1S/C23H27FN4O3/c1-3-28-15-18(16(2)25-28)14-27-9-7-23(8-10-27,22(29)30)13-20-12-21(26-31-20)17-5-4-6-19(24)11-17/h3-6,11,15,20H,1,7-10,12-14H2,2H3,(H,29,30)/t20-/m0/s1. The number of halogens is 1. The maximum Gasteiger partial charge on any atom is 0.309 e. The monoisotopic (exact) mass is 426 g/mol. The first-order valence-corrected chi connectivity index (χ1v) is 10.5. The van der Waals surface area contributed by atoms with Crippen molar-refractivity contribution in [2.24, 2.45) is 10.6 Å². The van der Waals surface area contributed by atoms with Crippen LogP contribution in [0, 0.1) is 18.2 Å². The molecule has 0 unspecified atom stereocenters. The van der Waals surface area contributed by atoms with Gasteiger partial charge >= 0.3 is 5.97 Å². The van der Waals surface area contributed by atoms with Crippen molar-refractivity contribution in [3.63, 3.8) is 0 Å². The van der Waals surface area contributed by atoms with Crippen molar-refractivity contribution in [3.8, 4) is 0 Å². The van der Waals surface area contributed by atoms with Gasteiger partial charge in [-0.25, -0.2) is 9.07 Å². The summed E-state index contributed by atoms with van der Waals surface area (Å²) in [4.78, 5) is 20.1. The number of carbonyl (C=O) groups is 1. The van der Waals surface area contributed by atoms with E-state index in [1.807, 2.05) is 13.1 Å². The summed E-state index contributed by atoms with van der Waals surface area (Å²) in [6.07, 6.45) is 5.28. The third-order valence-corrected chi connectivity index (χ3v) is 6.38. The fourth-order valence-electron chi connectivity index (χ4n) is 4.47. The van der Waals surface area contributed by atoms with Crippen molar-refractivity contribution >= 4 is 17.9 Å². The van der Waals surface area contributed by atoms with Crippen LogP contribution in [0.3, 0.4) is 0 Å². The molecular weight excluding hydrogens is 399 g/mol. The number of carboxylic acids is 1. The number of likely N-dealkylation sites (tertiary alicyclic amines) is 1. The lowest BCUT2D eigenvalue weighted by Gasteiger charge is -2.39. The Morgan fingerprint density at radius 3 is 2.84 bits per heavy atom. The molecule has 31 heavy (non-hydrogen) atoms. The van der Waals surface area contributed by atoms with E-state index in [0.717, 1.165) is 17.8 Å². The quantitative estimate of drug-likeness (QED) is 0.731. The molecule has 1 saturated heterocycles. The van der Waals surface area contributed by atoms with Gasteiger partial charge < -0.3 is 9.94 Å². The van der Waals surface area contributed by atoms with Gasteiger partial charge in [-0.3, -0.25) is 9.69 Å². The zero-order chi connectivity index (χ0) is 22.0. The van der Waals surface area contributed by atoms with E-state index >= 15 is 0 Å². The minimum absolute atomic E-state index is 0.311. The third kappa shape index (κ3) is 4.54. The van der Waals surface area contributed by atoms with Crippen molar-refractivity contribution < 1.29 is 19.1 Å². The topological polar surface area (TPSA) is 80.0 Å². The molecule has 1 N–H and O–H groups in total. The molecule has 2 aromatic rings. The Bertz CT molecular complexity index is 1010. The van der Waals surface area contributed by atoms with Crippen molar-refractivity contribution in [2.75, 3.05) is 13.1 Å². The second kappa shape index (κ2) is 8.63. The molecule has 7 nitrogen and oxygen atoms in total. The molecule has 4 rings (SSSR count). The number of aliphatic carboxylic acids is 1. The summed E-state index contributed by atoms with van der Waals surface area (Å²) in [6, 6.07) is 6.23. The average Bonchev–Trinajstić information content (AvgIpc) is 3.36. The van der Waals surface area contributed by atoms with E-state index in [-0.39, 0.29) is 11.9 Å². The van der Waals surface area contributed by atoms with Gasteiger partial charge in [-0.2, -0.15) is 5.10 Å². The van der Waals surface area contributed by atoms with Crippen LogP contribution in [0.4, 0.5) is 4.39 Å². The lowest BCUT2D eigenvalue weighted by molar-refractivity contribution is -0.155. The number of piperidine rings is 1. The maximum absolute atomic E-state index is 13.5. The Morgan fingerprint density at radius 1 is 1.42 bits per heavy atom. The predicted molar refractivity (Wildman–Crippen MR) is 115 cm³/mol. The van der Waals surface area contributed by atoms with Crippen LogP contribution in [-0.4, -0.2) is 50.7 Å². The lowest BCUT2D eigenvalue weighted by atomic mass is 9.73. The van der Waals surface area contributed by atoms with Crippen LogP contribution >= 0.6 is 0 Å². The van der Waals surface area contributed by atoms with Gasteiger partial charge in [0.15, 0.2) is 0 Å². The molecular formula is C23H27FN4O3. The number of hydrogen-bond acceptors (Lipinski definition) is 5. The van der Waals surface area contributed by atoms with Gasteiger partial charge in [-0.1, -0.05) is 23.9 Å². The molecule has 0 amide bonds. The fraction of sp³-hybridized carbons (Fsp3) is 0.435. The molecule has 1 aromatic carbocycles. The van der Waals surface area contributed by atoms with E-state index in [0.29, 0.717) is 50.0 Å². The molecule has 0 radical (unpaired) electrons. The summed E-state index contributed by atoms with van der Waals surface area (Å²) in [5, 5.41) is 18.5. The molecule has 0 spiro atoms. The zero-order valence-corrected chi connectivity index (χ0v) is 17.6. The Hall–Kier alpha value is -3.00. The van der Waals surface area contributed by atoms with Crippen molar-refractivity contribution in [2.45, 2.75) is 45.3 Å². The van der Waals surface area contributed by atoms with Crippen LogP contribution in [0.1, 0.15) is 42.5 Å². The number of aromatic nitrogens is 2. The van der Waals surface area contributed by atoms with E-state index in [4.69, 9.17) is 4.84 Å². The summed E-state index contributed by atoms with van der Waals surface area (Å²) in [6.45, 7) is 7.81. The predicted octanol–water partition coefficient (Wildman–Crippen LogP) is 3.68. The number of aryl methyl sites for hydroxylation is 1. The normalized spacial score (nSPS) is 20.8. The van der Waals surface area contributed by atoms with E-state index in [9.17, 15) is 14.3 Å². The van der Waals surface area contributed by atoms with Gasteiger partial charge in [0.1, 0.15) is 11.9 Å². The van der Waals surface area contributed by atoms with Gasteiger partial charge in [-0.15, -0.1) is 0 Å². The summed E-state index contributed by atoms with van der Waals surface area (Å²) in [7, 11) is 0. The Morgan fingerprint density at radius 2 is 2.19 bits per heavy atom. The summed E-state index contributed by atoms with van der Waals surface area (Å²) in [5.41, 5.74) is 2.58. The van der Waals surface area contributed by atoms with Crippen LogP contribution in [0.25, 0.3) is 6.20 Å². The van der Waals surface area contributed by atoms with E-state index in [2.05, 4.69) is 21.7 Å². The summed E-state index contributed by atoms with van der Waals surface area (Å²) < 4.78 is 15.2. The number of rotatable bonds is 7. The minimum atomic E-state index is -0.839. The van der Waals surface area contributed by atoms with E-state index in [1.165, 1.54) is 12.1 Å². The highest BCUT2D eigenvalue weighted by atomic mass is 19.1. The first-order valence-electron chi connectivity index (χ1n) is 10.5. The number of nitrogens with zero attached hydrogens (tertiary/aromatic N) is 4. The molecule has 2 aliphatic rings. The minimum Gasteiger partial charge on any atom is -0.481 e. The lowest BCUT2D eigenvalue weighted by Crippen LogP contribution is -2.45. The van der Waals surface area contributed by atoms with Crippen LogP contribution in [0.2, 0.25) is 0 Å². The molecule has 2 aliphatic heterocycles. The average molecular weight is 426 g/mol. The van der Waals surface area contributed by atoms with Crippen LogP contribution in [-0.2, 0) is 16.2 Å². The second-order valence-electron chi connectivity index (χ2n) is 8.45. The van der Waals surface area contributed by atoms with Gasteiger partial charge in [0.05, 0.1) is 16.8 Å². The SMILES string of the molecule is C=Cn1cc(CN2CCC(C[C@@H]3CC(c4cccc(F)c4)=NO3)(C(=O)O)CC2)c(C)n1. The second-order valence-corrected chi connectivity index (χ2v) is 8.45. The van der Waals surface area contributed by atoms with Gasteiger partial charge in [0.2, 0.25) is 0 Å². The highest BCUT2D eigenvalue weighted by Gasteiger charge is 2.45. The maximum atomic E-state index is 13.5. The highest BCUT2D eigenvalue weighted by molar-refractivity contribution is 6.01. The first-order chi connectivity index (χ1) is 14.9. The number of oxime groups is 1. The van der Waals surface area contributed by atoms with Crippen molar-refractivity contribution in [3.05, 3.63) is 59.7 Å². The molecule has 0 bridgehead atoms. The molecule has 164 valence electrons. The number of hydrogen-bond donors (Lipinski definition) is 1. The van der Waals surface area contributed by atoms with Gasteiger partial charge in [-0.05, 0) is 45.0 Å². The molecule has 0 aliphatic carbocycles. The molecule has 8 heteroatoms. The van der Waals surface area contributed by atoms with Gasteiger partial charge in [0.25, 0.3) is 0 Å². The molecule has 0 saturated carbocycles. The van der Waals surface area contributed by atoms with Crippen LogP contribution < -0.4 is 0 Å². The van der Waals surface area contributed by atoms with Crippen molar-refractivity contribution in [1.29, 1.82) is 0 Å². The first kappa shape index (κ1) is 21.2. The Kier molecular flexibility index (Phi) is 5.91. The fourth-order valence-corrected chi connectivity index (χ4v) is 4.47. The van der Waals surface area contributed by atoms with Crippen LogP contribution in [0.15, 0.2) is 42.2 Å². The third-order valence-electron chi connectivity index (χ3n) is 6.38. The van der Waals surface area contributed by atoms with Gasteiger partial charge in [0, 0.05) is 42.9 Å². The van der Waals surface area contributed by atoms with Crippen molar-refractivity contribution in [1.82, 2.24) is 14.7 Å². The molecule has 3 heterocycles. The van der Waals surface area contributed by atoms with Crippen LogP contribution in [0.5, 0.6) is 0 Å². The molecule has 1 fully saturated rings. The summed E-state index contributed by atoms with van der Waals surface area (Å²) in [5.74, 6) is -1.11. The Labute approximate surface area is 180 Å². The smallest absolute Gasteiger partial charge is 0.309 e. The summed E-state index contributed by atoms with van der Waals surface area (Å²) >= 11 is 0. The largest absolute Gasteiger partial charge is 0.481 e. The molecule has 1 aromatic heterocycles. The number of benzene rings is 1. The highest BCUT2D eigenvalue weighted by Crippen LogP contribution is 2.39.